The van der Waals surface area contributed by atoms with Gasteiger partial charge in [0.05, 0.1) is 6.61 Å². The molecule has 1 aromatic heterocycles. The van der Waals surface area contributed by atoms with Crippen molar-refractivity contribution >= 4 is 0 Å². The molecule has 0 amide bonds. The summed E-state index contributed by atoms with van der Waals surface area (Å²) in [5, 5.41) is 0. The third-order valence-corrected chi connectivity index (χ3v) is 3.22. The van der Waals surface area contributed by atoms with E-state index in [1.165, 1.54) is 16.8 Å². The largest absolute Gasteiger partial charge is 0.493 e. The fourth-order valence-corrected chi connectivity index (χ4v) is 2.34. The first-order valence-electron chi connectivity index (χ1n) is 6.73. The number of nitrogens with one attached hydrogen (secondary N) is 1. The van der Waals surface area contributed by atoms with Crippen molar-refractivity contribution in [2.75, 3.05) is 13.2 Å². The second-order valence-electron chi connectivity index (χ2n) is 5.03. The summed E-state index contributed by atoms with van der Waals surface area (Å²) in [4.78, 5) is 3.25. The van der Waals surface area contributed by atoms with Crippen LogP contribution in [0.15, 0.2) is 36.5 Å². The van der Waals surface area contributed by atoms with Crippen LogP contribution in [-0.2, 0) is 0 Å². The second-order valence-corrected chi connectivity index (χ2v) is 5.03. The molecule has 0 aliphatic carbocycles. The Morgan fingerprint density at radius 1 is 1.21 bits per heavy atom. The standard InChI is InChI=1S/C16H22N2O/c1-12-8-13(2)10-15(9-12)19-11-14(5-6-17)16-4-3-7-18-16/h3-4,7-10,14,18H,5-6,11,17H2,1-2H3. The summed E-state index contributed by atoms with van der Waals surface area (Å²) in [7, 11) is 0. The monoisotopic (exact) mass is 258 g/mol. The molecule has 0 aliphatic rings. The molecule has 0 saturated heterocycles. The smallest absolute Gasteiger partial charge is 0.119 e. The molecule has 3 N–H and O–H groups in total. The van der Waals surface area contributed by atoms with Crippen LogP contribution in [0.2, 0.25) is 0 Å². The van der Waals surface area contributed by atoms with E-state index in [0.29, 0.717) is 19.1 Å². The van der Waals surface area contributed by atoms with E-state index < -0.39 is 0 Å². The number of H-pyrrole nitrogens is 1. The van der Waals surface area contributed by atoms with Gasteiger partial charge in [-0.2, -0.15) is 0 Å². The van der Waals surface area contributed by atoms with Crippen molar-refractivity contribution in [1.82, 2.24) is 4.98 Å². The third kappa shape index (κ3) is 3.86. The minimum absolute atomic E-state index is 0.320. The van der Waals surface area contributed by atoms with E-state index in [4.69, 9.17) is 10.5 Å². The summed E-state index contributed by atoms with van der Waals surface area (Å²) in [6.07, 6.45) is 2.86. The molecule has 1 aromatic carbocycles. The van der Waals surface area contributed by atoms with Gasteiger partial charge >= 0.3 is 0 Å². The number of aromatic amines is 1. The molecule has 3 nitrogen and oxygen atoms in total. The lowest BCUT2D eigenvalue weighted by Crippen LogP contribution is -2.15. The van der Waals surface area contributed by atoms with Gasteiger partial charge in [0.15, 0.2) is 0 Å². The van der Waals surface area contributed by atoms with E-state index in [-0.39, 0.29) is 0 Å². The summed E-state index contributed by atoms with van der Waals surface area (Å²) in [6, 6.07) is 10.4. The van der Waals surface area contributed by atoms with Crippen LogP contribution in [0.5, 0.6) is 5.75 Å². The zero-order valence-electron chi connectivity index (χ0n) is 11.6. The Kier molecular flexibility index (Phi) is 4.63. The number of aryl methyl sites for hydroxylation is 2. The summed E-state index contributed by atoms with van der Waals surface area (Å²) < 4.78 is 5.93. The molecule has 3 heteroatoms. The maximum Gasteiger partial charge on any atom is 0.119 e. The Morgan fingerprint density at radius 2 is 1.95 bits per heavy atom. The van der Waals surface area contributed by atoms with Gasteiger partial charge in [-0.15, -0.1) is 0 Å². The number of hydrogen-bond donors (Lipinski definition) is 2. The maximum absolute atomic E-state index is 5.93. The van der Waals surface area contributed by atoms with Gasteiger partial charge in [-0.25, -0.2) is 0 Å². The molecule has 0 fully saturated rings. The molecule has 2 aromatic rings. The van der Waals surface area contributed by atoms with Crippen LogP contribution in [0.3, 0.4) is 0 Å². The zero-order chi connectivity index (χ0) is 13.7. The van der Waals surface area contributed by atoms with E-state index in [1.807, 2.05) is 12.3 Å². The Hall–Kier alpha value is -1.74. The van der Waals surface area contributed by atoms with Crippen LogP contribution in [-0.4, -0.2) is 18.1 Å². The molecular formula is C16H22N2O. The van der Waals surface area contributed by atoms with E-state index >= 15 is 0 Å². The Morgan fingerprint density at radius 3 is 2.53 bits per heavy atom. The van der Waals surface area contributed by atoms with Crippen LogP contribution >= 0.6 is 0 Å². The third-order valence-electron chi connectivity index (χ3n) is 3.22. The Labute approximate surface area is 114 Å². The van der Waals surface area contributed by atoms with Crippen LogP contribution in [0.1, 0.15) is 29.2 Å². The van der Waals surface area contributed by atoms with Gasteiger partial charge in [0, 0.05) is 17.8 Å². The summed E-state index contributed by atoms with van der Waals surface area (Å²) >= 11 is 0. The van der Waals surface area contributed by atoms with Gasteiger partial charge in [-0.3, -0.25) is 0 Å². The molecule has 1 unspecified atom stereocenters. The molecule has 1 heterocycles. The second kappa shape index (κ2) is 6.43. The number of hydrogen-bond acceptors (Lipinski definition) is 2. The first-order valence-corrected chi connectivity index (χ1v) is 6.73. The van der Waals surface area contributed by atoms with Crippen molar-refractivity contribution in [3.8, 4) is 5.75 Å². The van der Waals surface area contributed by atoms with Gasteiger partial charge in [0.2, 0.25) is 0 Å². The van der Waals surface area contributed by atoms with E-state index in [1.54, 1.807) is 0 Å². The highest BCUT2D eigenvalue weighted by Crippen LogP contribution is 2.21. The fourth-order valence-electron chi connectivity index (χ4n) is 2.34. The lowest BCUT2D eigenvalue weighted by Gasteiger charge is -2.16. The number of aromatic nitrogens is 1. The number of benzene rings is 1. The normalized spacial score (nSPS) is 12.4. The molecule has 0 spiro atoms. The lowest BCUT2D eigenvalue weighted by molar-refractivity contribution is 0.280. The van der Waals surface area contributed by atoms with Crippen LogP contribution in [0, 0.1) is 13.8 Å². The van der Waals surface area contributed by atoms with E-state index in [0.717, 1.165) is 12.2 Å². The van der Waals surface area contributed by atoms with E-state index in [9.17, 15) is 0 Å². The molecule has 2 rings (SSSR count). The summed E-state index contributed by atoms with van der Waals surface area (Å²) in [5.41, 5.74) is 9.33. The van der Waals surface area contributed by atoms with Crippen molar-refractivity contribution in [2.45, 2.75) is 26.2 Å². The van der Waals surface area contributed by atoms with Gasteiger partial charge in [-0.05, 0) is 62.2 Å². The molecule has 0 saturated carbocycles. The fraction of sp³-hybridized carbons (Fsp3) is 0.375. The van der Waals surface area contributed by atoms with Crippen LogP contribution in [0.4, 0.5) is 0 Å². The molecule has 0 bridgehead atoms. The van der Waals surface area contributed by atoms with Crippen molar-refractivity contribution in [3.63, 3.8) is 0 Å². The van der Waals surface area contributed by atoms with Crippen molar-refractivity contribution in [3.05, 3.63) is 53.3 Å². The summed E-state index contributed by atoms with van der Waals surface area (Å²) in [5.74, 6) is 1.26. The lowest BCUT2D eigenvalue weighted by atomic mass is 10.0. The first kappa shape index (κ1) is 13.7. The predicted molar refractivity (Wildman–Crippen MR) is 78.6 cm³/mol. The molecule has 0 aliphatic heterocycles. The number of ether oxygens (including phenoxy) is 1. The van der Waals surface area contributed by atoms with Crippen molar-refractivity contribution in [2.24, 2.45) is 5.73 Å². The van der Waals surface area contributed by atoms with Gasteiger partial charge in [0.1, 0.15) is 5.75 Å². The quantitative estimate of drug-likeness (QED) is 0.836. The average molecular weight is 258 g/mol. The SMILES string of the molecule is Cc1cc(C)cc(OCC(CCN)c2ccc[nH]2)c1. The van der Waals surface area contributed by atoms with Gasteiger partial charge in [0.25, 0.3) is 0 Å². The highest BCUT2D eigenvalue weighted by atomic mass is 16.5. The van der Waals surface area contributed by atoms with Crippen molar-refractivity contribution in [1.29, 1.82) is 0 Å². The van der Waals surface area contributed by atoms with Gasteiger partial charge in [-0.1, -0.05) is 6.07 Å². The van der Waals surface area contributed by atoms with Crippen molar-refractivity contribution < 1.29 is 4.74 Å². The molecule has 0 radical (unpaired) electrons. The minimum atomic E-state index is 0.320. The molecule has 1 atom stereocenters. The van der Waals surface area contributed by atoms with Crippen LogP contribution < -0.4 is 10.5 Å². The van der Waals surface area contributed by atoms with E-state index in [2.05, 4.69) is 43.1 Å². The molecule has 19 heavy (non-hydrogen) atoms. The average Bonchev–Trinajstić information content (AvgIpc) is 2.87. The van der Waals surface area contributed by atoms with Crippen LogP contribution in [0.25, 0.3) is 0 Å². The molecule has 102 valence electrons. The predicted octanol–water partition coefficient (Wildman–Crippen LogP) is 3.14. The first-order chi connectivity index (χ1) is 9.19. The maximum atomic E-state index is 5.93. The minimum Gasteiger partial charge on any atom is -0.493 e. The number of rotatable bonds is 6. The topological polar surface area (TPSA) is 51.0 Å². The van der Waals surface area contributed by atoms with Gasteiger partial charge < -0.3 is 15.5 Å². The highest BCUT2D eigenvalue weighted by Gasteiger charge is 2.12. The highest BCUT2D eigenvalue weighted by molar-refractivity contribution is 5.33. The molecular weight excluding hydrogens is 236 g/mol. The summed E-state index contributed by atoms with van der Waals surface area (Å²) in [6.45, 7) is 5.49. The Balaban J connectivity index is 2.02. The number of nitrogens with two attached hydrogens (primary N) is 1. The Bertz CT molecular complexity index is 485. The zero-order valence-corrected chi connectivity index (χ0v) is 11.6.